The topological polar surface area (TPSA) is 46.5 Å². The van der Waals surface area contributed by atoms with E-state index in [2.05, 4.69) is 0 Å². The van der Waals surface area contributed by atoms with Crippen molar-refractivity contribution < 1.29 is 14.6 Å². The molecule has 3 rings (SSSR count). The first-order chi connectivity index (χ1) is 12.2. The van der Waals surface area contributed by atoms with Gasteiger partial charge in [-0.25, -0.2) is 4.79 Å². The summed E-state index contributed by atoms with van der Waals surface area (Å²) in [5.41, 5.74) is 0.503. The molecule has 0 saturated heterocycles. The van der Waals surface area contributed by atoms with Gasteiger partial charge in [0, 0.05) is 6.89 Å². The molecule has 0 aliphatic heterocycles. The van der Waals surface area contributed by atoms with Crippen molar-refractivity contribution in [2.45, 2.75) is 6.92 Å². The number of ether oxygens (including phenoxy) is 1. The summed E-state index contributed by atoms with van der Waals surface area (Å²) >= 11 is 0. The van der Waals surface area contributed by atoms with Gasteiger partial charge in [0.05, 0.1) is 0 Å². The van der Waals surface area contributed by atoms with Crippen molar-refractivity contribution in [1.29, 1.82) is 0 Å². The summed E-state index contributed by atoms with van der Waals surface area (Å²) in [7, 11) is 0. The molecule has 0 fully saturated rings. The number of carbonyl (C=O) groups is 1. The molecule has 3 nitrogen and oxygen atoms in total. The van der Waals surface area contributed by atoms with Crippen molar-refractivity contribution in [2.24, 2.45) is 0 Å². The predicted molar refractivity (Wildman–Crippen MR) is 105 cm³/mol. The highest BCUT2D eigenvalue weighted by atomic mass is 31.2. The van der Waals surface area contributed by atoms with E-state index in [-0.39, 0.29) is 0 Å². The van der Waals surface area contributed by atoms with Crippen LogP contribution in [0.4, 0.5) is 4.79 Å². The molecule has 0 saturated carbocycles. The molecule has 0 spiro atoms. The number of carboxylic acid groups (broad SMARTS) is 1. The maximum absolute atomic E-state index is 11.3. The lowest BCUT2D eigenvalue weighted by Crippen LogP contribution is -2.31. The Morgan fingerprint density at radius 2 is 1.04 bits per heavy atom. The molecule has 0 aliphatic rings. The summed E-state index contributed by atoms with van der Waals surface area (Å²) in [6, 6.07) is 30.0. The Labute approximate surface area is 147 Å². The molecule has 3 aromatic carbocycles. The minimum absolute atomic E-state index is 0.503. The minimum atomic E-state index is -2.38. The number of benzene rings is 3. The summed E-state index contributed by atoms with van der Waals surface area (Å²) in [5.74, 6) is 0. The van der Waals surface area contributed by atoms with Crippen LogP contribution in [0.25, 0.3) is 0 Å². The Hall–Kier alpha value is -2.77. The van der Waals surface area contributed by atoms with Crippen LogP contribution in [0, 0.1) is 0 Å². The van der Waals surface area contributed by atoms with Gasteiger partial charge in [0.1, 0.15) is 5.48 Å². The first kappa shape index (κ1) is 17.1. The Morgan fingerprint density at radius 3 is 1.32 bits per heavy atom. The van der Waals surface area contributed by atoms with Gasteiger partial charge in [-0.15, -0.1) is 0 Å². The van der Waals surface area contributed by atoms with Crippen LogP contribution in [-0.2, 0) is 4.74 Å². The zero-order valence-electron chi connectivity index (χ0n) is 13.9. The zero-order chi connectivity index (χ0) is 17.7. The molecular weight excluding hydrogens is 331 g/mol. The summed E-state index contributed by atoms with van der Waals surface area (Å²) in [5, 5.41) is 12.4. The molecule has 3 aromatic rings. The van der Waals surface area contributed by atoms with E-state index in [9.17, 15) is 9.90 Å². The normalized spacial score (nSPS) is 10.9. The number of hydrogen-bond acceptors (Lipinski definition) is 2. The van der Waals surface area contributed by atoms with Crippen LogP contribution in [-0.4, -0.2) is 16.7 Å². The van der Waals surface area contributed by atoms with Gasteiger partial charge in [-0.1, -0.05) is 91.0 Å². The molecule has 4 heteroatoms. The standard InChI is InChI=1S/C21H19O3P/c1-17(24-21(22)23)25(18-11-5-2-6-12-18,19-13-7-3-8-14-19)20-15-9-4-10-16-20/h2-16H,1H3,(H,22,23). The molecule has 0 aliphatic carbocycles. The zero-order valence-corrected chi connectivity index (χ0v) is 14.8. The Bertz CT molecular complexity index is 800. The van der Waals surface area contributed by atoms with E-state index in [1.807, 2.05) is 91.0 Å². The van der Waals surface area contributed by atoms with E-state index in [1.54, 1.807) is 6.92 Å². The van der Waals surface area contributed by atoms with E-state index >= 15 is 0 Å². The van der Waals surface area contributed by atoms with Crippen molar-refractivity contribution >= 4 is 34.4 Å². The van der Waals surface area contributed by atoms with Crippen LogP contribution in [0.2, 0.25) is 0 Å². The highest BCUT2D eigenvalue weighted by molar-refractivity contribution is 7.95. The lowest BCUT2D eigenvalue weighted by atomic mass is 10.4. The SMILES string of the molecule is CC(OC(=O)O)=P(c1ccccc1)(c1ccccc1)c1ccccc1. The van der Waals surface area contributed by atoms with Gasteiger partial charge < -0.3 is 9.84 Å². The molecule has 0 atom stereocenters. The smallest absolute Gasteiger partial charge is 0.449 e. The minimum Gasteiger partial charge on any atom is -0.449 e. The maximum Gasteiger partial charge on any atom is 0.511 e. The Balaban J connectivity index is 2.47. The van der Waals surface area contributed by atoms with Gasteiger partial charge in [-0.3, -0.25) is 0 Å². The van der Waals surface area contributed by atoms with Crippen LogP contribution < -0.4 is 15.9 Å². The van der Waals surface area contributed by atoms with Crippen molar-refractivity contribution in [2.75, 3.05) is 0 Å². The molecule has 0 amide bonds. The molecule has 126 valence electrons. The fourth-order valence-corrected chi connectivity index (χ4v) is 7.20. The highest BCUT2D eigenvalue weighted by Crippen LogP contribution is 2.46. The van der Waals surface area contributed by atoms with Crippen LogP contribution in [0.1, 0.15) is 6.92 Å². The third-order valence-electron chi connectivity index (χ3n) is 4.14. The van der Waals surface area contributed by atoms with Crippen molar-refractivity contribution in [3.05, 3.63) is 91.0 Å². The lowest BCUT2D eigenvalue weighted by Gasteiger charge is -2.30. The molecule has 0 heterocycles. The van der Waals surface area contributed by atoms with Crippen LogP contribution in [0.3, 0.4) is 0 Å². The van der Waals surface area contributed by atoms with Gasteiger partial charge >= 0.3 is 6.16 Å². The first-order valence-electron chi connectivity index (χ1n) is 7.96. The summed E-state index contributed by atoms with van der Waals surface area (Å²) in [4.78, 5) is 11.3. The van der Waals surface area contributed by atoms with Gasteiger partial charge in [0.15, 0.2) is 0 Å². The predicted octanol–water partition coefficient (Wildman–Crippen LogP) is 3.82. The second-order valence-corrected chi connectivity index (χ2v) is 9.09. The van der Waals surface area contributed by atoms with Crippen molar-refractivity contribution in [3.63, 3.8) is 0 Å². The van der Waals surface area contributed by atoms with E-state index in [4.69, 9.17) is 4.74 Å². The summed E-state index contributed by atoms with van der Waals surface area (Å²) in [6.07, 6.45) is -1.29. The number of rotatable bonds is 4. The van der Waals surface area contributed by atoms with Gasteiger partial charge in [-0.05, 0) is 22.8 Å². The lowest BCUT2D eigenvalue weighted by molar-refractivity contribution is 0.141. The van der Waals surface area contributed by atoms with E-state index in [0.29, 0.717) is 5.48 Å². The average Bonchev–Trinajstić information content (AvgIpc) is 2.64. The molecule has 0 unspecified atom stereocenters. The molecular formula is C21H19O3P. The molecule has 0 radical (unpaired) electrons. The summed E-state index contributed by atoms with van der Waals surface area (Å²) in [6.45, 7) is -0.612. The third-order valence-corrected chi connectivity index (χ3v) is 8.39. The highest BCUT2D eigenvalue weighted by Gasteiger charge is 2.30. The molecule has 0 bridgehead atoms. The van der Waals surface area contributed by atoms with E-state index in [0.717, 1.165) is 15.9 Å². The molecule has 1 N–H and O–H groups in total. The Morgan fingerprint density at radius 1 is 0.720 bits per heavy atom. The fraction of sp³-hybridized carbons (Fsp3) is 0.0476. The molecule has 0 aromatic heterocycles. The average molecular weight is 350 g/mol. The van der Waals surface area contributed by atoms with E-state index < -0.39 is 13.0 Å². The molecule has 25 heavy (non-hydrogen) atoms. The van der Waals surface area contributed by atoms with E-state index in [1.165, 1.54) is 0 Å². The van der Waals surface area contributed by atoms with Gasteiger partial charge in [-0.2, -0.15) is 0 Å². The van der Waals surface area contributed by atoms with Crippen molar-refractivity contribution in [1.82, 2.24) is 0 Å². The Kier molecular flexibility index (Phi) is 5.06. The quantitative estimate of drug-likeness (QED) is 0.575. The van der Waals surface area contributed by atoms with Crippen molar-refractivity contribution in [3.8, 4) is 0 Å². The van der Waals surface area contributed by atoms with Crippen LogP contribution in [0.5, 0.6) is 0 Å². The maximum atomic E-state index is 11.3. The fourth-order valence-electron chi connectivity index (χ4n) is 3.14. The number of hydrogen-bond donors (Lipinski definition) is 1. The second-order valence-electron chi connectivity index (χ2n) is 5.56. The van der Waals surface area contributed by atoms with Gasteiger partial charge in [0.25, 0.3) is 0 Å². The monoisotopic (exact) mass is 350 g/mol. The largest absolute Gasteiger partial charge is 0.511 e. The van der Waals surface area contributed by atoms with Crippen LogP contribution in [0.15, 0.2) is 91.0 Å². The second kappa shape index (κ2) is 7.42. The first-order valence-corrected chi connectivity index (χ1v) is 9.75. The van der Waals surface area contributed by atoms with Gasteiger partial charge in [0.2, 0.25) is 0 Å². The van der Waals surface area contributed by atoms with Crippen LogP contribution >= 0.6 is 6.89 Å². The summed E-state index contributed by atoms with van der Waals surface area (Å²) < 4.78 is 5.26. The third kappa shape index (κ3) is 3.24.